The average molecular weight is 363 g/mol. The summed E-state index contributed by atoms with van der Waals surface area (Å²) in [6.45, 7) is 3.67. The SMILES string of the molecule is CC.O=C(O)COc1ccc(/C=C/c2ccc(Br)cc2)cc1. The van der Waals surface area contributed by atoms with Gasteiger partial charge in [0.25, 0.3) is 0 Å². The Balaban J connectivity index is 0.00000116. The molecule has 0 spiro atoms. The lowest BCUT2D eigenvalue weighted by molar-refractivity contribution is -0.139. The number of rotatable bonds is 5. The summed E-state index contributed by atoms with van der Waals surface area (Å²) < 4.78 is 6.12. The van der Waals surface area contributed by atoms with E-state index in [-0.39, 0.29) is 6.61 Å². The van der Waals surface area contributed by atoms with Gasteiger partial charge in [0.2, 0.25) is 0 Å². The summed E-state index contributed by atoms with van der Waals surface area (Å²) in [7, 11) is 0. The van der Waals surface area contributed by atoms with Crippen molar-refractivity contribution in [2.45, 2.75) is 13.8 Å². The van der Waals surface area contributed by atoms with Crippen molar-refractivity contribution >= 4 is 34.1 Å². The monoisotopic (exact) mass is 362 g/mol. The van der Waals surface area contributed by atoms with E-state index in [0.29, 0.717) is 5.75 Å². The summed E-state index contributed by atoms with van der Waals surface area (Å²) in [6.07, 6.45) is 4.00. The third-order valence-electron chi connectivity index (χ3n) is 2.58. The Morgan fingerprint density at radius 2 is 1.45 bits per heavy atom. The quantitative estimate of drug-likeness (QED) is 0.751. The van der Waals surface area contributed by atoms with Gasteiger partial charge in [-0.25, -0.2) is 4.79 Å². The van der Waals surface area contributed by atoms with Crippen molar-refractivity contribution in [2.75, 3.05) is 6.61 Å². The highest BCUT2D eigenvalue weighted by Crippen LogP contribution is 2.16. The van der Waals surface area contributed by atoms with Gasteiger partial charge >= 0.3 is 5.97 Å². The lowest BCUT2D eigenvalue weighted by atomic mass is 10.1. The Bertz CT molecular complexity index is 601. The molecule has 0 saturated carbocycles. The minimum Gasteiger partial charge on any atom is -0.482 e. The molecule has 116 valence electrons. The normalized spacial score (nSPS) is 9.95. The summed E-state index contributed by atoms with van der Waals surface area (Å²) in [5.74, 6) is -0.433. The Labute approximate surface area is 139 Å². The summed E-state index contributed by atoms with van der Waals surface area (Å²) in [4.78, 5) is 10.4. The number of halogens is 1. The van der Waals surface area contributed by atoms with Crippen LogP contribution < -0.4 is 4.74 Å². The molecule has 0 radical (unpaired) electrons. The highest BCUT2D eigenvalue weighted by Gasteiger charge is 1.98. The highest BCUT2D eigenvalue weighted by molar-refractivity contribution is 9.10. The summed E-state index contributed by atoms with van der Waals surface area (Å²) in [5, 5.41) is 8.52. The van der Waals surface area contributed by atoms with Crippen LogP contribution >= 0.6 is 15.9 Å². The first-order valence-electron chi connectivity index (χ1n) is 7.02. The third kappa shape index (κ3) is 6.59. The van der Waals surface area contributed by atoms with Gasteiger partial charge in [0.05, 0.1) is 0 Å². The fraction of sp³-hybridized carbons (Fsp3) is 0.167. The molecule has 0 saturated heterocycles. The van der Waals surface area contributed by atoms with E-state index in [1.807, 2.05) is 62.4 Å². The van der Waals surface area contributed by atoms with Crippen LogP contribution in [-0.2, 0) is 4.79 Å². The molecule has 2 rings (SSSR count). The molecule has 0 aromatic heterocycles. The van der Waals surface area contributed by atoms with Crippen LogP contribution in [0.5, 0.6) is 5.75 Å². The zero-order chi connectivity index (χ0) is 16.4. The largest absolute Gasteiger partial charge is 0.482 e. The van der Waals surface area contributed by atoms with E-state index in [4.69, 9.17) is 9.84 Å². The molecule has 0 bridgehead atoms. The van der Waals surface area contributed by atoms with Crippen molar-refractivity contribution < 1.29 is 14.6 Å². The number of aliphatic carboxylic acids is 1. The smallest absolute Gasteiger partial charge is 0.341 e. The van der Waals surface area contributed by atoms with E-state index in [0.717, 1.165) is 15.6 Å². The molecule has 1 N–H and O–H groups in total. The molecule has 0 heterocycles. The van der Waals surface area contributed by atoms with E-state index in [2.05, 4.69) is 15.9 Å². The molecule has 0 aliphatic carbocycles. The van der Waals surface area contributed by atoms with E-state index in [1.54, 1.807) is 12.1 Å². The molecule has 0 aliphatic rings. The fourth-order valence-electron chi connectivity index (χ4n) is 1.59. The average Bonchev–Trinajstić information content (AvgIpc) is 2.55. The number of hydrogen-bond donors (Lipinski definition) is 1. The summed E-state index contributed by atoms with van der Waals surface area (Å²) in [5.41, 5.74) is 2.13. The van der Waals surface area contributed by atoms with E-state index < -0.39 is 5.97 Å². The minimum absolute atomic E-state index is 0.325. The van der Waals surface area contributed by atoms with Crippen LogP contribution in [-0.4, -0.2) is 17.7 Å². The summed E-state index contributed by atoms with van der Waals surface area (Å²) >= 11 is 3.39. The number of benzene rings is 2. The molecule has 0 unspecified atom stereocenters. The second-order valence-corrected chi connectivity index (χ2v) is 5.05. The van der Waals surface area contributed by atoms with Gasteiger partial charge in [-0.05, 0) is 35.4 Å². The van der Waals surface area contributed by atoms with E-state index in [9.17, 15) is 4.79 Å². The van der Waals surface area contributed by atoms with Gasteiger partial charge in [-0.3, -0.25) is 0 Å². The first kappa shape index (κ1) is 18.0. The fourth-order valence-corrected chi connectivity index (χ4v) is 1.85. The third-order valence-corrected chi connectivity index (χ3v) is 3.11. The maximum atomic E-state index is 10.4. The Morgan fingerprint density at radius 1 is 1.00 bits per heavy atom. The number of carboxylic acid groups (broad SMARTS) is 1. The molecule has 4 heteroatoms. The van der Waals surface area contributed by atoms with Gasteiger partial charge in [-0.15, -0.1) is 0 Å². The van der Waals surface area contributed by atoms with E-state index in [1.165, 1.54) is 0 Å². The standard InChI is InChI=1S/C16H13BrO3.C2H6/c17-14-7-3-12(4-8-14)1-2-13-5-9-15(10-6-13)20-11-16(18)19;1-2/h1-10H,11H2,(H,18,19);1-2H3/b2-1+;. The molecular weight excluding hydrogens is 344 g/mol. The molecule has 0 aliphatic heterocycles. The van der Waals surface area contributed by atoms with Gasteiger partial charge in [-0.2, -0.15) is 0 Å². The number of carbonyl (C=O) groups is 1. The van der Waals surface area contributed by atoms with Crippen LogP contribution in [0.2, 0.25) is 0 Å². The lowest BCUT2D eigenvalue weighted by Crippen LogP contribution is -2.09. The van der Waals surface area contributed by atoms with Crippen LogP contribution in [0.15, 0.2) is 53.0 Å². The Kier molecular flexibility index (Phi) is 8.00. The van der Waals surface area contributed by atoms with Crippen molar-refractivity contribution in [1.82, 2.24) is 0 Å². The van der Waals surface area contributed by atoms with E-state index >= 15 is 0 Å². The number of hydrogen-bond acceptors (Lipinski definition) is 2. The Morgan fingerprint density at radius 3 is 1.91 bits per heavy atom. The molecule has 0 amide bonds. The highest BCUT2D eigenvalue weighted by atomic mass is 79.9. The zero-order valence-electron chi connectivity index (χ0n) is 12.6. The van der Waals surface area contributed by atoms with Gasteiger partial charge in [0.1, 0.15) is 5.75 Å². The maximum Gasteiger partial charge on any atom is 0.341 e. The molecule has 2 aromatic rings. The first-order chi connectivity index (χ1) is 10.6. The number of ether oxygens (including phenoxy) is 1. The van der Waals surface area contributed by atoms with Crippen molar-refractivity contribution in [3.05, 3.63) is 64.1 Å². The predicted octanol–water partition coefficient (Wildman–Crippen LogP) is 5.11. The molecule has 0 atom stereocenters. The van der Waals surface area contributed by atoms with Gasteiger partial charge < -0.3 is 9.84 Å². The first-order valence-corrected chi connectivity index (χ1v) is 7.81. The Hall–Kier alpha value is -2.07. The van der Waals surface area contributed by atoms with Crippen molar-refractivity contribution in [3.63, 3.8) is 0 Å². The van der Waals surface area contributed by atoms with Gasteiger partial charge in [0, 0.05) is 4.47 Å². The van der Waals surface area contributed by atoms with Crippen LogP contribution in [0.25, 0.3) is 12.2 Å². The zero-order valence-corrected chi connectivity index (χ0v) is 14.2. The minimum atomic E-state index is -0.982. The van der Waals surface area contributed by atoms with Crippen LogP contribution in [0.4, 0.5) is 0 Å². The van der Waals surface area contributed by atoms with Crippen molar-refractivity contribution in [2.24, 2.45) is 0 Å². The second-order valence-electron chi connectivity index (χ2n) is 4.14. The van der Waals surface area contributed by atoms with Crippen LogP contribution in [0, 0.1) is 0 Å². The lowest BCUT2D eigenvalue weighted by Gasteiger charge is -2.02. The van der Waals surface area contributed by atoms with Crippen molar-refractivity contribution in [3.8, 4) is 5.75 Å². The van der Waals surface area contributed by atoms with Crippen LogP contribution in [0.1, 0.15) is 25.0 Å². The molecular formula is C18H19BrO3. The molecule has 2 aromatic carbocycles. The molecule has 22 heavy (non-hydrogen) atoms. The maximum absolute atomic E-state index is 10.4. The molecule has 0 fully saturated rings. The van der Waals surface area contributed by atoms with Gasteiger partial charge in [0.15, 0.2) is 6.61 Å². The second kappa shape index (κ2) is 9.79. The van der Waals surface area contributed by atoms with Crippen LogP contribution in [0.3, 0.4) is 0 Å². The topological polar surface area (TPSA) is 46.5 Å². The van der Waals surface area contributed by atoms with Gasteiger partial charge in [-0.1, -0.05) is 66.2 Å². The number of carboxylic acids is 1. The summed E-state index contributed by atoms with van der Waals surface area (Å²) in [6, 6.07) is 15.3. The predicted molar refractivity (Wildman–Crippen MR) is 94.0 cm³/mol. The molecule has 3 nitrogen and oxygen atoms in total. The van der Waals surface area contributed by atoms with Crippen molar-refractivity contribution in [1.29, 1.82) is 0 Å².